The zero-order chi connectivity index (χ0) is 19.4. The van der Waals surface area contributed by atoms with Crippen molar-refractivity contribution in [2.75, 3.05) is 19.7 Å². The lowest BCUT2D eigenvalue weighted by molar-refractivity contribution is 0.0562. The predicted octanol–water partition coefficient (Wildman–Crippen LogP) is 3.70. The smallest absolute Gasteiger partial charge is 0.282 e. The SMILES string of the molecule is CCOc1ccc(C(O)C2CCN(Cc3cn(C)nc3C(F)F)CC2)cc1. The van der Waals surface area contributed by atoms with Crippen LogP contribution in [-0.4, -0.2) is 39.5 Å². The van der Waals surface area contributed by atoms with Gasteiger partial charge in [-0.3, -0.25) is 9.58 Å². The second-order valence-corrected chi connectivity index (χ2v) is 7.07. The van der Waals surface area contributed by atoms with Crippen molar-refractivity contribution < 1.29 is 18.6 Å². The van der Waals surface area contributed by atoms with Crippen molar-refractivity contribution in [1.82, 2.24) is 14.7 Å². The highest BCUT2D eigenvalue weighted by atomic mass is 19.3. The number of alkyl halides is 2. The third-order valence-corrected chi connectivity index (χ3v) is 5.15. The molecule has 0 aliphatic carbocycles. The normalized spacial score (nSPS) is 17.4. The van der Waals surface area contributed by atoms with Gasteiger partial charge in [0.15, 0.2) is 0 Å². The zero-order valence-corrected chi connectivity index (χ0v) is 15.8. The number of halogens is 2. The molecule has 1 N–H and O–H groups in total. The molecule has 1 fully saturated rings. The number of aryl methyl sites for hydroxylation is 1. The van der Waals surface area contributed by atoms with Crippen molar-refractivity contribution in [2.45, 2.75) is 38.8 Å². The summed E-state index contributed by atoms with van der Waals surface area (Å²) in [7, 11) is 1.66. The first-order valence-corrected chi connectivity index (χ1v) is 9.41. The summed E-state index contributed by atoms with van der Waals surface area (Å²) in [5.41, 5.74) is 1.34. The van der Waals surface area contributed by atoms with Gasteiger partial charge in [-0.2, -0.15) is 5.10 Å². The van der Waals surface area contributed by atoms with E-state index in [9.17, 15) is 13.9 Å². The van der Waals surface area contributed by atoms with E-state index < -0.39 is 12.5 Å². The first-order chi connectivity index (χ1) is 13.0. The molecule has 1 atom stereocenters. The first-order valence-electron chi connectivity index (χ1n) is 9.41. The van der Waals surface area contributed by atoms with Crippen LogP contribution in [0.5, 0.6) is 5.75 Å². The van der Waals surface area contributed by atoms with Crippen molar-refractivity contribution in [3.63, 3.8) is 0 Å². The lowest BCUT2D eigenvalue weighted by Gasteiger charge is -2.34. The fourth-order valence-corrected chi connectivity index (χ4v) is 3.73. The summed E-state index contributed by atoms with van der Waals surface area (Å²) in [4.78, 5) is 2.16. The van der Waals surface area contributed by atoms with E-state index in [0.29, 0.717) is 18.7 Å². The number of ether oxygens (including phenoxy) is 1. The Balaban J connectivity index is 1.55. The number of nitrogens with zero attached hydrogens (tertiary/aromatic N) is 3. The zero-order valence-electron chi connectivity index (χ0n) is 15.8. The van der Waals surface area contributed by atoms with E-state index in [0.717, 1.165) is 37.2 Å². The van der Waals surface area contributed by atoms with Gasteiger partial charge in [0.25, 0.3) is 6.43 Å². The minimum atomic E-state index is -2.56. The lowest BCUT2D eigenvalue weighted by atomic mass is 9.87. The van der Waals surface area contributed by atoms with Gasteiger partial charge in [0.2, 0.25) is 0 Å². The summed E-state index contributed by atoms with van der Waals surface area (Å²) in [6, 6.07) is 7.58. The van der Waals surface area contributed by atoms with E-state index >= 15 is 0 Å². The van der Waals surface area contributed by atoms with E-state index in [4.69, 9.17) is 4.74 Å². The van der Waals surface area contributed by atoms with Gasteiger partial charge < -0.3 is 9.84 Å². The van der Waals surface area contributed by atoms with Crippen LogP contribution in [0.3, 0.4) is 0 Å². The maximum Gasteiger partial charge on any atom is 0.282 e. The highest BCUT2D eigenvalue weighted by Gasteiger charge is 2.27. The Labute approximate surface area is 158 Å². The number of rotatable bonds is 7. The van der Waals surface area contributed by atoms with E-state index in [1.54, 1.807) is 13.2 Å². The quantitative estimate of drug-likeness (QED) is 0.797. The van der Waals surface area contributed by atoms with Crippen molar-refractivity contribution in [3.05, 3.63) is 47.3 Å². The van der Waals surface area contributed by atoms with Crippen LogP contribution in [0, 0.1) is 5.92 Å². The first kappa shape index (κ1) is 19.8. The van der Waals surface area contributed by atoms with Gasteiger partial charge in [0, 0.05) is 25.4 Å². The molecule has 0 saturated carbocycles. The summed E-state index contributed by atoms with van der Waals surface area (Å²) < 4.78 is 33.1. The summed E-state index contributed by atoms with van der Waals surface area (Å²) >= 11 is 0. The fourth-order valence-electron chi connectivity index (χ4n) is 3.73. The van der Waals surface area contributed by atoms with Crippen LogP contribution in [-0.2, 0) is 13.6 Å². The molecule has 2 aromatic rings. The summed E-state index contributed by atoms with van der Waals surface area (Å²) in [5, 5.41) is 14.6. The van der Waals surface area contributed by atoms with Crippen LogP contribution < -0.4 is 4.74 Å². The molecular weight excluding hydrogens is 352 g/mol. The largest absolute Gasteiger partial charge is 0.494 e. The third-order valence-electron chi connectivity index (χ3n) is 5.15. The molecule has 0 radical (unpaired) electrons. The van der Waals surface area contributed by atoms with Gasteiger partial charge in [-0.05, 0) is 56.5 Å². The molecule has 7 heteroatoms. The average molecular weight is 379 g/mol. The minimum Gasteiger partial charge on any atom is -0.494 e. The summed E-state index contributed by atoms with van der Waals surface area (Å²) in [5.74, 6) is 0.970. The Kier molecular flexibility index (Phi) is 6.44. The summed E-state index contributed by atoms with van der Waals surface area (Å²) in [6.07, 6.45) is 0.262. The summed E-state index contributed by atoms with van der Waals surface area (Å²) in [6.45, 7) is 4.57. The standard InChI is InChI=1S/C20H27F2N3O2/c1-3-27-17-6-4-14(5-7-17)19(26)15-8-10-25(11-9-15)13-16-12-24(2)23-18(16)20(21)22/h4-7,12,15,19-20,26H,3,8-11,13H2,1-2H3. The van der Waals surface area contributed by atoms with Crippen LogP contribution in [0.2, 0.25) is 0 Å². The third kappa shape index (κ3) is 4.84. The Hall–Kier alpha value is -1.99. The number of hydrogen-bond donors (Lipinski definition) is 1. The van der Waals surface area contributed by atoms with Crippen molar-refractivity contribution in [1.29, 1.82) is 0 Å². The number of likely N-dealkylation sites (tertiary alicyclic amines) is 1. The molecule has 1 unspecified atom stereocenters. The van der Waals surface area contributed by atoms with Gasteiger partial charge in [-0.15, -0.1) is 0 Å². The number of benzene rings is 1. The molecule has 1 saturated heterocycles. The lowest BCUT2D eigenvalue weighted by Crippen LogP contribution is -2.35. The molecule has 2 heterocycles. The molecule has 0 spiro atoms. The Morgan fingerprint density at radius 2 is 1.89 bits per heavy atom. The molecular formula is C20H27F2N3O2. The monoisotopic (exact) mass is 379 g/mol. The Morgan fingerprint density at radius 1 is 1.22 bits per heavy atom. The maximum absolute atomic E-state index is 13.1. The molecule has 0 amide bonds. The molecule has 27 heavy (non-hydrogen) atoms. The van der Waals surface area contributed by atoms with E-state index in [1.807, 2.05) is 31.2 Å². The van der Waals surface area contributed by atoms with Gasteiger partial charge >= 0.3 is 0 Å². The topological polar surface area (TPSA) is 50.5 Å². The van der Waals surface area contributed by atoms with Gasteiger partial charge in [0.05, 0.1) is 12.7 Å². The van der Waals surface area contributed by atoms with E-state index in [2.05, 4.69) is 10.00 Å². The molecule has 0 bridgehead atoms. The van der Waals surface area contributed by atoms with Crippen molar-refractivity contribution in [2.24, 2.45) is 13.0 Å². The highest BCUT2D eigenvalue weighted by Crippen LogP contribution is 2.32. The van der Waals surface area contributed by atoms with Crippen LogP contribution in [0.4, 0.5) is 8.78 Å². The second kappa shape index (κ2) is 8.80. The van der Waals surface area contributed by atoms with Crippen LogP contribution in [0.15, 0.2) is 30.5 Å². The maximum atomic E-state index is 13.1. The average Bonchev–Trinajstić information content (AvgIpc) is 3.03. The molecule has 148 valence electrons. The second-order valence-electron chi connectivity index (χ2n) is 7.07. The number of piperidine rings is 1. The number of hydrogen-bond acceptors (Lipinski definition) is 4. The molecule has 1 aliphatic heterocycles. The predicted molar refractivity (Wildman–Crippen MR) is 98.7 cm³/mol. The fraction of sp³-hybridized carbons (Fsp3) is 0.550. The van der Waals surface area contributed by atoms with Gasteiger partial charge in [-0.25, -0.2) is 8.78 Å². The minimum absolute atomic E-state index is 0.131. The van der Waals surface area contributed by atoms with E-state index in [-0.39, 0.29) is 11.6 Å². The van der Waals surface area contributed by atoms with E-state index in [1.165, 1.54) is 4.68 Å². The van der Waals surface area contributed by atoms with Gasteiger partial charge in [-0.1, -0.05) is 12.1 Å². The molecule has 1 aromatic heterocycles. The molecule has 5 nitrogen and oxygen atoms in total. The number of aromatic nitrogens is 2. The number of aliphatic hydroxyl groups is 1. The molecule has 1 aromatic carbocycles. The molecule has 3 rings (SSSR count). The number of aliphatic hydroxyl groups excluding tert-OH is 1. The van der Waals surface area contributed by atoms with Crippen LogP contribution >= 0.6 is 0 Å². The Bertz CT molecular complexity index is 725. The van der Waals surface area contributed by atoms with Gasteiger partial charge in [0.1, 0.15) is 11.4 Å². The van der Waals surface area contributed by atoms with Crippen LogP contribution in [0.1, 0.15) is 49.1 Å². The van der Waals surface area contributed by atoms with Crippen molar-refractivity contribution in [3.8, 4) is 5.75 Å². The molecule has 1 aliphatic rings. The highest BCUT2D eigenvalue weighted by molar-refractivity contribution is 5.29. The Morgan fingerprint density at radius 3 is 2.48 bits per heavy atom. The van der Waals surface area contributed by atoms with Crippen LogP contribution in [0.25, 0.3) is 0 Å². The van der Waals surface area contributed by atoms with Crippen molar-refractivity contribution >= 4 is 0 Å².